The molecule has 1 saturated heterocycles. The van der Waals surface area contributed by atoms with Crippen LogP contribution < -0.4 is 0 Å². The van der Waals surface area contributed by atoms with E-state index in [1.165, 1.54) is 5.56 Å². The molecule has 1 fully saturated rings. The number of carbonyl (C=O) groups excluding carboxylic acids is 1. The van der Waals surface area contributed by atoms with Crippen LogP contribution in [0.5, 0.6) is 0 Å². The van der Waals surface area contributed by atoms with Crippen molar-refractivity contribution >= 4 is 28.9 Å². The quantitative estimate of drug-likeness (QED) is 0.547. The third-order valence-electron chi connectivity index (χ3n) is 4.95. The van der Waals surface area contributed by atoms with Crippen LogP contribution in [-0.4, -0.2) is 33.7 Å². The maximum Gasteiger partial charge on any atom is 0.295 e. The van der Waals surface area contributed by atoms with Crippen LogP contribution in [0.15, 0.2) is 42.5 Å². The Morgan fingerprint density at radius 1 is 1.07 bits per heavy atom. The number of likely N-dealkylation sites (tertiary alicyclic amines) is 1. The molecule has 1 heterocycles. The lowest BCUT2D eigenvalue weighted by atomic mass is 9.90. The fraction of sp³-hybridized carbons (Fsp3) is 0.316. The molecular weight excluding hydrogens is 386 g/mol. The van der Waals surface area contributed by atoms with Crippen molar-refractivity contribution in [3.8, 4) is 0 Å². The first kappa shape index (κ1) is 19.8. The number of nitro groups is 2. The van der Waals surface area contributed by atoms with Crippen molar-refractivity contribution in [1.29, 1.82) is 0 Å². The highest BCUT2D eigenvalue weighted by Crippen LogP contribution is 2.34. The van der Waals surface area contributed by atoms with E-state index in [0.29, 0.717) is 19.0 Å². The molecule has 1 aliphatic rings. The van der Waals surface area contributed by atoms with E-state index < -0.39 is 27.1 Å². The second-order valence-corrected chi connectivity index (χ2v) is 7.14. The van der Waals surface area contributed by atoms with E-state index in [4.69, 9.17) is 11.6 Å². The van der Waals surface area contributed by atoms with Gasteiger partial charge in [0.1, 0.15) is 5.02 Å². The monoisotopic (exact) mass is 403 g/mol. The van der Waals surface area contributed by atoms with Crippen LogP contribution in [0.1, 0.15) is 28.8 Å². The van der Waals surface area contributed by atoms with E-state index in [1.54, 1.807) is 4.90 Å². The maximum absolute atomic E-state index is 12.8. The largest absolute Gasteiger partial charge is 0.339 e. The zero-order valence-corrected chi connectivity index (χ0v) is 15.7. The van der Waals surface area contributed by atoms with E-state index in [1.807, 2.05) is 18.2 Å². The molecule has 28 heavy (non-hydrogen) atoms. The van der Waals surface area contributed by atoms with Gasteiger partial charge in [-0.15, -0.1) is 0 Å². The lowest BCUT2D eigenvalue weighted by Gasteiger charge is -2.32. The minimum atomic E-state index is -0.821. The Balaban J connectivity index is 1.74. The summed E-state index contributed by atoms with van der Waals surface area (Å²) in [7, 11) is 0. The number of benzene rings is 2. The molecule has 2 aromatic carbocycles. The van der Waals surface area contributed by atoms with Crippen LogP contribution in [-0.2, 0) is 6.42 Å². The molecule has 0 N–H and O–H groups in total. The first-order valence-electron chi connectivity index (χ1n) is 8.82. The number of piperidine rings is 1. The first-order chi connectivity index (χ1) is 13.4. The predicted molar refractivity (Wildman–Crippen MR) is 104 cm³/mol. The van der Waals surface area contributed by atoms with Crippen LogP contribution in [0.4, 0.5) is 11.4 Å². The summed E-state index contributed by atoms with van der Waals surface area (Å²) in [5.74, 6) is -0.0867. The minimum Gasteiger partial charge on any atom is -0.339 e. The van der Waals surface area contributed by atoms with Crippen LogP contribution >= 0.6 is 11.6 Å². The molecule has 0 aliphatic carbocycles. The summed E-state index contributed by atoms with van der Waals surface area (Å²) in [6, 6.07) is 11.9. The van der Waals surface area contributed by atoms with E-state index in [9.17, 15) is 25.0 Å². The van der Waals surface area contributed by atoms with Gasteiger partial charge in [-0.2, -0.15) is 0 Å². The molecule has 9 heteroatoms. The number of nitro benzene ring substituents is 2. The number of carbonyl (C=O) groups is 1. The summed E-state index contributed by atoms with van der Waals surface area (Å²) < 4.78 is 0. The fourth-order valence-corrected chi connectivity index (χ4v) is 3.71. The highest BCUT2D eigenvalue weighted by molar-refractivity contribution is 6.36. The third-order valence-corrected chi connectivity index (χ3v) is 5.34. The lowest BCUT2D eigenvalue weighted by molar-refractivity contribution is -0.394. The van der Waals surface area contributed by atoms with Gasteiger partial charge in [-0.25, -0.2) is 0 Å². The molecule has 0 unspecified atom stereocenters. The SMILES string of the molecule is O=C(c1cc([N+](=O)[O-])cc([N+](=O)[O-])c1Cl)N1CCC(Cc2ccccc2)CC1. The number of hydrogen-bond donors (Lipinski definition) is 0. The van der Waals surface area contributed by atoms with Crippen LogP contribution in [0.3, 0.4) is 0 Å². The maximum atomic E-state index is 12.8. The predicted octanol–water partition coefficient (Wildman–Crippen LogP) is 4.25. The average molecular weight is 404 g/mol. The fourth-order valence-electron chi connectivity index (χ4n) is 3.45. The second kappa shape index (κ2) is 8.35. The van der Waals surface area contributed by atoms with Crippen LogP contribution in [0, 0.1) is 26.1 Å². The molecule has 0 radical (unpaired) electrons. The molecule has 2 aromatic rings. The summed E-state index contributed by atoms with van der Waals surface area (Å²) in [6.07, 6.45) is 2.50. The summed E-state index contributed by atoms with van der Waals surface area (Å²) in [5.41, 5.74) is -0.134. The molecule has 0 atom stereocenters. The van der Waals surface area contributed by atoms with Crippen molar-refractivity contribution in [2.24, 2.45) is 5.92 Å². The van der Waals surface area contributed by atoms with Crippen molar-refractivity contribution in [2.75, 3.05) is 13.1 Å². The topological polar surface area (TPSA) is 107 Å². The molecule has 3 rings (SSSR count). The zero-order valence-electron chi connectivity index (χ0n) is 14.9. The lowest BCUT2D eigenvalue weighted by Crippen LogP contribution is -2.39. The Labute approximate surface area is 166 Å². The molecule has 0 saturated carbocycles. The molecule has 1 amide bonds. The summed E-state index contributed by atoms with van der Waals surface area (Å²) in [4.78, 5) is 35.0. The normalized spacial score (nSPS) is 14.7. The number of hydrogen-bond acceptors (Lipinski definition) is 5. The minimum absolute atomic E-state index is 0.205. The van der Waals surface area contributed by atoms with Gasteiger partial charge in [0.05, 0.1) is 21.5 Å². The highest BCUT2D eigenvalue weighted by Gasteiger charge is 2.30. The van der Waals surface area contributed by atoms with Crippen molar-refractivity contribution in [2.45, 2.75) is 19.3 Å². The van der Waals surface area contributed by atoms with E-state index in [0.717, 1.165) is 31.4 Å². The summed E-state index contributed by atoms with van der Waals surface area (Å²) >= 11 is 6.02. The molecule has 0 aromatic heterocycles. The Morgan fingerprint density at radius 2 is 1.71 bits per heavy atom. The standard InChI is InChI=1S/C19H18ClN3O5/c20-18-16(11-15(22(25)26)12-17(18)23(27)28)19(24)21-8-6-14(7-9-21)10-13-4-2-1-3-5-13/h1-5,11-12,14H,6-10H2. The molecular formula is C19H18ClN3O5. The Morgan fingerprint density at radius 3 is 2.29 bits per heavy atom. The number of nitrogens with zero attached hydrogens (tertiary/aromatic N) is 3. The smallest absolute Gasteiger partial charge is 0.295 e. The van der Waals surface area contributed by atoms with Gasteiger partial charge in [-0.1, -0.05) is 41.9 Å². The Kier molecular flexibility index (Phi) is 5.89. The van der Waals surface area contributed by atoms with E-state index >= 15 is 0 Å². The molecule has 1 aliphatic heterocycles. The Hall–Kier alpha value is -3.00. The van der Waals surface area contributed by atoms with Crippen molar-refractivity contribution in [1.82, 2.24) is 4.90 Å². The third kappa shape index (κ3) is 4.28. The van der Waals surface area contributed by atoms with Crippen molar-refractivity contribution < 1.29 is 14.6 Å². The van der Waals surface area contributed by atoms with Crippen LogP contribution in [0.2, 0.25) is 5.02 Å². The van der Waals surface area contributed by atoms with Gasteiger partial charge in [0.25, 0.3) is 17.3 Å². The molecule has 0 spiro atoms. The van der Waals surface area contributed by atoms with Crippen LogP contribution in [0.25, 0.3) is 0 Å². The van der Waals surface area contributed by atoms with Gasteiger partial charge in [-0.3, -0.25) is 25.0 Å². The highest BCUT2D eigenvalue weighted by atomic mass is 35.5. The number of rotatable bonds is 5. The van der Waals surface area contributed by atoms with Gasteiger partial charge >= 0.3 is 0 Å². The molecule has 0 bridgehead atoms. The number of halogens is 1. The molecule has 8 nitrogen and oxygen atoms in total. The summed E-state index contributed by atoms with van der Waals surface area (Å²) in [5, 5.41) is 21.8. The van der Waals surface area contributed by atoms with E-state index in [2.05, 4.69) is 12.1 Å². The number of non-ortho nitro benzene ring substituents is 1. The van der Waals surface area contributed by atoms with Gasteiger partial charge in [-0.05, 0) is 30.7 Å². The van der Waals surface area contributed by atoms with E-state index in [-0.39, 0.29) is 10.6 Å². The Bertz CT molecular complexity index is 911. The van der Waals surface area contributed by atoms with Gasteiger partial charge in [0, 0.05) is 19.2 Å². The zero-order chi connectivity index (χ0) is 20.3. The van der Waals surface area contributed by atoms with Crippen molar-refractivity contribution in [3.63, 3.8) is 0 Å². The van der Waals surface area contributed by atoms with Gasteiger partial charge < -0.3 is 4.90 Å². The van der Waals surface area contributed by atoms with Gasteiger partial charge in [0.15, 0.2) is 0 Å². The molecule has 146 valence electrons. The second-order valence-electron chi connectivity index (χ2n) is 6.77. The first-order valence-corrected chi connectivity index (χ1v) is 9.20. The van der Waals surface area contributed by atoms with Gasteiger partial charge in [0.2, 0.25) is 0 Å². The van der Waals surface area contributed by atoms with Crippen molar-refractivity contribution in [3.05, 3.63) is 78.8 Å². The average Bonchev–Trinajstić information content (AvgIpc) is 2.68. The number of amides is 1. The summed E-state index contributed by atoms with van der Waals surface area (Å²) in [6.45, 7) is 0.951.